The first-order chi connectivity index (χ1) is 11.4. The molecule has 24 heavy (non-hydrogen) atoms. The highest BCUT2D eigenvalue weighted by Gasteiger charge is 2.26. The second kappa shape index (κ2) is 8.60. The lowest BCUT2D eigenvalue weighted by molar-refractivity contribution is -0.134. The molecule has 0 bridgehead atoms. The highest BCUT2D eigenvalue weighted by atomic mass is 16.2. The maximum atomic E-state index is 12.9. The highest BCUT2D eigenvalue weighted by molar-refractivity contribution is 5.78. The van der Waals surface area contributed by atoms with E-state index in [1.807, 2.05) is 30.5 Å². The molecule has 1 aliphatic heterocycles. The van der Waals surface area contributed by atoms with E-state index in [0.717, 1.165) is 37.5 Å². The number of amides is 1. The van der Waals surface area contributed by atoms with Crippen molar-refractivity contribution in [3.05, 3.63) is 11.6 Å². The first-order valence-electron chi connectivity index (χ1n) is 9.21. The lowest BCUT2D eigenvalue weighted by atomic mass is 9.98. The molecular formula is C18H33N5O. The van der Waals surface area contributed by atoms with Gasteiger partial charge in [0.05, 0.1) is 13.1 Å². The third-order valence-corrected chi connectivity index (χ3v) is 4.94. The van der Waals surface area contributed by atoms with E-state index in [1.54, 1.807) is 0 Å². The minimum atomic E-state index is 0.254. The quantitative estimate of drug-likeness (QED) is 0.801. The van der Waals surface area contributed by atoms with E-state index in [0.29, 0.717) is 25.0 Å². The third kappa shape index (κ3) is 5.03. The van der Waals surface area contributed by atoms with Crippen LogP contribution in [-0.4, -0.2) is 56.7 Å². The van der Waals surface area contributed by atoms with Gasteiger partial charge >= 0.3 is 0 Å². The Balaban J connectivity index is 1.96. The SMILES string of the molecule is Cc1nnc(CN(C)CC(=O)N2CCCCCC2CC(C)C)n1C. The van der Waals surface area contributed by atoms with Crippen LogP contribution in [0.5, 0.6) is 0 Å². The van der Waals surface area contributed by atoms with Crippen molar-refractivity contribution in [1.29, 1.82) is 0 Å². The summed E-state index contributed by atoms with van der Waals surface area (Å²) < 4.78 is 1.98. The van der Waals surface area contributed by atoms with Crippen LogP contribution in [0.3, 0.4) is 0 Å². The topological polar surface area (TPSA) is 54.3 Å². The van der Waals surface area contributed by atoms with Crippen LogP contribution in [0.2, 0.25) is 0 Å². The summed E-state index contributed by atoms with van der Waals surface area (Å²) >= 11 is 0. The van der Waals surface area contributed by atoms with Crippen LogP contribution >= 0.6 is 0 Å². The number of likely N-dealkylation sites (N-methyl/N-ethyl adjacent to an activating group) is 1. The van der Waals surface area contributed by atoms with Crippen LogP contribution in [-0.2, 0) is 18.4 Å². The second-order valence-corrected chi connectivity index (χ2v) is 7.61. The molecule has 0 saturated carbocycles. The number of aryl methyl sites for hydroxylation is 1. The van der Waals surface area contributed by atoms with Gasteiger partial charge in [0.1, 0.15) is 11.6 Å². The molecule has 1 aliphatic rings. The van der Waals surface area contributed by atoms with E-state index in [9.17, 15) is 4.79 Å². The van der Waals surface area contributed by atoms with Gasteiger partial charge in [0.25, 0.3) is 0 Å². The lowest BCUT2D eigenvalue weighted by Gasteiger charge is -2.32. The molecule has 1 aromatic heterocycles. The molecule has 0 radical (unpaired) electrons. The average molecular weight is 335 g/mol. The van der Waals surface area contributed by atoms with Crippen LogP contribution in [0, 0.1) is 12.8 Å². The van der Waals surface area contributed by atoms with Gasteiger partial charge in [-0.25, -0.2) is 0 Å². The van der Waals surface area contributed by atoms with Gasteiger partial charge in [-0.1, -0.05) is 26.7 Å². The van der Waals surface area contributed by atoms with E-state index in [2.05, 4.69) is 28.9 Å². The average Bonchev–Trinajstić information content (AvgIpc) is 2.72. The molecule has 0 spiro atoms. The van der Waals surface area contributed by atoms with E-state index in [4.69, 9.17) is 0 Å². The van der Waals surface area contributed by atoms with Gasteiger partial charge in [0.15, 0.2) is 0 Å². The first-order valence-corrected chi connectivity index (χ1v) is 9.21. The molecule has 0 aliphatic carbocycles. The maximum Gasteiger partial charge on any atom is 0.236 e. The van der Waals surface area contributed by atoms with Crippen LogP contribution in [0.15, 0.2) is 0 Å². The smallest absolute Gasteiger partial charge is 0.236 e. The van der Waals surface area contributed by atoms with Crippen molar-refractivity contribution >= 4 is 5.91 Å². The Hall–Kier alpha value is -1.43. The Bertz CT molecular complexity index is 540. The predicted octanol–water partition coefficient (Wildman–Crippen LogP) is 2.37. The molecule has 1 aromatic rings. The molecule has 1 saturated heterocycles. The summed E-state index contributed by atoms with van der Waals surface area (Å²) in [6.45, 7) is 8.43. The zero-order chi connectivity index (χ0) is 17.7. The van der Waals surface area contributed by atoms with Gasteiger partial charge in [-0.3, -0.25) is 9.69 Å². The van der Waals surface area contributed by atoms with Gasteiger partial charge in [-0.15, -0.1) is 10.2 Å². The first kappa shape index (κ1) is 18.9. The van der Waals surface area contributed by atoms with Crippen LogP contribution in [0.1, 0.15) is 57.6 Å². The van der Waals surface area contributed by atoms with Gasteiger partial charge in [0, 0.05) is 19.6 Å². The minimum Gasteiger partial charge on any atom is -0.339 e. The molecule has 2 rings (SSSR count). The summed E-state index contributed by atoms with van der Waals surface area (Å²) in [6, 6.07) is 0.408. The van der Waals surface area contributed by atoms with E-state index >= 15 is 0 Å². The number of likely N-dealkylation sites (tertiary alicyclic amines) is 1. The summed E-state index contributed by atoms with van der Waals surface area (Å²) in [5.74, 6) is 2.68. The fourth-order valence-corrected chi connectivity index (χ4v) is 3.50. The molecule has 1 unspecified atom stereocenters. The molecule has 1 amide bonds. The van der Waals surface area contributed by atoms with Crippen molar-refractivity contribution in [3.8, 4) is 0 Å². The number of aromatic nitrogens is 3. The molecule has 136 valence electrons. The Labute approximate surface area is 146 Å². The molecular weight excluding hydrogens is 302 g/mol. The van der Waals surface area contributed by atoms with Crippen molar-refractivity contribution in [2.75, 3.05) is 20.1 Å². The summed E-state index contributed by atoms with van der Waals surface area (Å²) in [5, 5.41) is 8.28. The lowest BCUT2D eigenvalue weighted by Crippen LogP contribution is -2.45. The zero-order valence-electron chi connectivity index (χ0n) is 16.0. The molecule has 0 aromatic carbocycles. The third-order valence-electron chi connectivity index (χ3n) is 4.94. The molecule has 1 fully saturated rings. The number of carbonyl (C=O) groups excluding carboxylic acids is 1. The summed E-state index contributed by atoms with van der Waals surface area (Å²) in [4.78, 5) is 17.1. The van der Waals surface area contributed by atoms with Crippen LogP contribution < -0.4 is 0 Å². The van der Waals surface area contributed by atoms with Crippen molar-refractivity contribution < 1.29 is 4.79 Å². The van der Waals surface area contributed by atoms with E-state index < -0.39 is 0 Å². The Morgan fingerprint density at radius 2 is 2.04 bits per heavy atom. The fraction of sp³-hybridized carbons (Fsp3) is 0.833. The molecule has 1 atom stereocenters. The Morgan fingerprint density at radius 3 is 2.67 bits per heavy atom. The van der Waals surface area contributed by atoms with Gasteiger partial charge in [0.2, 0.25) is 5.91 Å². The number of rotatable bonds is 6. The number of hydrogen-bond acceptors (Lipinski definition) is 4. The van der Waals surface area contributed by atoms with Gasteiger partial charge < -0.3 is 9.47 Å². The maximum absolute atomic E-state index is 12.9. The van der Waals surface area contributed by atoms with Crippen molar-refractivity contribution in [2.45, 2.75) is 65.5 Å². The summed E-state index contributed by atoms with van der Waals surface area (Å²) in [7, 11) is 3.95. The van der Waals surface area contributed by atoms with Crippen molar-refractivity contribution in [2.24, 2.45) is 13.0 Å². The largest absolute Gasteiger partial charge is 0.339 e. The van der Waals surface area contributed by atoms with Gasteiger partial charge in [-0.05, 0) is 39.2 Å². The molecule has 6 nitrogen and oxygen atoms in total. The normalized spacial score (nSPS) is 19.1. The standard InChI is InChI=1S/C18H33N5O/c1-14(2)11-16-9-7-6-8-10-23(16)18(24)13-21(4)12-17-20-19-15(3)22(17)5/h14,16H,6-13H2,1-5H3. The summed E-state index contributed by atoms with van der Waals surface area (Å²) in [5.41, 5.74) is 0. The second-order valence-electron chi connectivity index (χ2n) is 7.61. The van der Waals surface area contributed by atoms with E-state index in [1.165, 1.54) is 12.8 Å². The Kier molecular flexibility index (Phi) is 6.78. The number of hydrogen-bond donors (Lipinski definition) is 0. The fourth-order valence-electron chi connectivity index (χ4n) is 3.50. The predicted molar refractivity (Wildman–Crippen MR) is 95.5 cm³/mol. The van der Waals surface area contributed by atoms with Crippen molar-refractivity contribution in [1.82, 2.24) is 24.6 Å². The van der Waals surface area contributed by atoms with E-state index in [-0.39, 0.29) is 5.91 Å². The molecule has 6 heteroatoms. The zero-order valence-corrected chi connectivity index (χ0v) is 16.0. The van der Waals surface area contributed by atoms with Crippen LogP contribution in [0.25, 0.3) is 0 Å². The Morgan fingerprint density at radius 1 is 1.29 bits per heavy atom. The van der Waals surface area contributed by atoms with Crippen LogP contribution in [0.4, 0.5) is 0 Å². The number of nitrogens with zero attached hydrogens (tertiary/aromatic N) is 5. The highest BCUT2D eigenvalue weighted by Crippen LogP contribution is 2.22. The number of carbonyl (C=O) groups is 1. The summed E-state index contributed by atoms with van der Waals surface area (Å²) in [6.07, 6.45) is 5.88. The molecule has 2 heterocycles. The monoisotopic (exact) mass is 335 g/mol. The van der Waals surface area contributed by atoms with Crippen molar-refractivity contribution in [3.63, 3.8) is 0 Å². The molecule has 0 N–H and O–H groups in total. The minimum absolute atomic E-state index is 0.254. The van der Waals surface area contributed by atoms with Gasteiger partial charge in [-0.2, -0.15) is 0 Å².